The third-order valence-corrected chi connectivity index (χ3v) is 3.02. The van der Waals surface area contributed by atoms with Gasteiger partial charge in [0, 0.05) is 24.7 Å². The largest absolute Gasteiger partial charge is 0.416 e. The van der Waals surface area contributed by atoms with Crippen molar-refractivity contribution in [2.45, 2.75) is 26.4 Å². The number of aromatic nitrogens is 3. The van der Waals surface area contributed by atoms with Crippen LogP contribution in [0.2, 0.25) is 0 Å². The molecule has 0 radical (unpaired) electrons. The van der Waals surface area contributed by atoms with Crippen molar-refractivity contribution in [2.24, 2.45) is 13.0 Å². The molecular formula is C14H17F3N4. The van der Waals surface area contributed by atoms with Crippen LogP contribution in [0.4, 0.5) is 18.9 Å². The molecule has 0 amide bonds. The van der Waals surface area contributed by atoms with Crippen LogP contribution < -0.4 is 5.73 Å². The monoisotopic (exact) mass is 298 g/mol. The molecule has 0 saturated carbocycles. The molecule has 7 heteroatoms. The number of aryl methyl sites for hydroxylation is 1. The van der Waals surface area contributed by atoms with Gasteiger partial charge in [-0.25, -0.2) is 9.67 Å². The van der Waals surface area contributed by atoms with Crippen LogP contribution in [0.1, 0.15) is 25.2 Å². The Morgan fingerprint density at radius 2 is 1.95 bits per heavy atom. The fraction of sp³-hybridized carbons (Fsp3) is 0.429. The molecule has 0 aliphatic heterocycles. The van der Waals surface area contributed by atoms with Gasteiger partial charge in [-0.2, -0.15) is 18.3 Å². The van der Waals surface area contributed by atoms with Gasteiger partial charge in [0.05, 0.1) is 5.56 Å². The molecule has 0 spiro atoms. The topological polar surface area (TPSA) is 56.7 Å². The van der Waals surface area contributed by atoms with Crippen LogP contribution >= 0.6 is 0 Å². The zero-order chi connectivity index (χ0) is 15.8. The number of nitrogens with two attached hydrogens (primary N) is 1. The first kappa shape index (κ1) is 15.3. The van der Waals surface area contributed by atoms with Gasteiger partial charge >= 0.3 is 6.18 Å². The molecule has 1 heterocycles. The molecule has 0 aliphatic rings. The molecule has 2 aromatic rings. The number of halogens is 3. The highest BCUT2D eigenvalue weighted by Gasteiger charge is 2.31. The van der Waals surface area contributed by atoms with Crippen molar-refractivity contribution in [3.63, 3.8) is 0 Å². The van der Waals surface area contributed by atoms with Gasteiger partial charge in [-0.15, -0.1) is 0 Å². The summed E-state index contributed by atoms with van der Waals surface area (Å²) in [6.45, 7) is 4.04. The summed E-state index contributed by atoms with van der Waals surface area (Å²) >= 11 is 0. The zero-order valence-electron chi connectivity index (χ0n) is 12.1. The maximum absolute atomic E-state index is 12.8. The summed E-state index contributed by atoms with van der Waals surface area (Å²) in [5, 5.41) is 4.23. The molecule has 1 aromatic heterocycles. The number of anilines is 1. The molecule has 0 fully saturated rings. The maximum atomic E-state index is 12.8. The molecule has 114 valence electrons. The highest BCUT2D eigenvalue weighted by molar-refractivity contribution is 5.72. The van der Waals surface area contributed by atoms with Gasteiger partial charge < -0.3 is 5.73 Å². The lowest BCUT2D eigenvalue weighted by Crippen LogP contribution is -2.07. The fourth-order valence-electron chi connectivity index (χ4n) is 2.05. The van der Waals surface area contributed by atoms with Crippen LogP contribution in [0.3, 0.4) is 0 Å². The summed E-state index contributed by atoms with van der Waals surface area (Å²) in [7, 11) is 1.64. The van der Waals surface area contributed by atoms with Crippen molar-refractivity contribution < 1.29 is 13.2 Å². The highest BCUT2D eigenvalue weighted by Crippen LogP contribution is 2.34. The molecule has 1 aromatic carbocycles. The van der Waals surface area contributed by atoms with E-state index in [9.17, 15) is 13.2 Å². The molecule has 0 bridgehead atoms. The summed E-state index contributed by atoms with van der Waals surface area (Å²) < 4.78 is 39.9. The predicted octanol–water partition coefficient (Wildman–Crippen LogP) is 3.28. The van der Waals surface area contributed by atoms with Crippen molar-refractivity contribution in [1.29, 1.82) is 0 Å². The average Bonchev–Trinajstić information content (AvgIpc) is 2.68. The van der Waals surface area contributed by atoms with Crippen molar-refractivity contribution in [3.05, 3.63) is 29.6 Å². The van der Waals surface area contributed by atoms with Gasteiger partial charge in [-0.05, 0) is 24.1 Å². The first-order valence-corrected chi connectivity index (χ1v) is 6.55. The van der Waals surface area contributed by atoms with E-state index in [0.717, 1.165) is 12.1 Å². The second-order valence-electron chi connectivity index (χ2n) is 5.37. The van der Waals surface area contributed by atoms with Crippen molar-refractivity contribution in [3.8, 4) is 11.4 Å². The third-order valence-electron chi connectivity index (χ3n) is 3.02. The Kier molecular flexibility index (Phi) is 3.93. The van der Waals surface area contributed by atoms with E-state index >= 15 is 0 Å². The number of benzene rings is 1. The number of hydrogen-bond donors (Lipinski definition) is 1. The Balaban J connectivity index is 2.48. The van der Waals surface area contributed by atoms with Gasteiger partial charge in [-0.3, -0.25) is 0 Å². The number of nitrogens with zero attached hydrogens (tertiary/aromatic N) is 3. The summed E-state index contributed by atoms with van der Waals surface area (Å²) in [5.41, 5.74) is 5.54. The van der Waals surface area contributed by atoms with Crippen LogP contribution in [-0.2, 0) is 19.6 Å². The molecule has 4 nitrogen and oxygen atoms in total. The predicted molar refractivity (Wildman–Crippen MR) is 74.4 cm³/mol. The van der Waals surface area contributed by atoms with Gasteiger partial charge in [0.2, 0.25) is 0 Å². The lowest BCUT2D eigenvalue weighted by Gasteiger charge is -2.10. The summed E-state index contributed by atoms with van der Waals surface area (Å²) in [4.78, 5) is 4.31. The van der Waals surface area contributed by atoms with Gasteiger partial charge in [-0.1, -0.05) is 13.8 Å². The molecule has 0 unspecified atom stereocenters. The Hall–Kier alpha value is -2.05. The number of hydrogen-bond acceptors (Lipinski definition) is 3. The Morgan fingerprint density at radius 1 is 1.29 bits per heavy atom. The van der Waals surface area contributed by atoms with Crippen LogP contribution in [-0.4, -0.2) is 14.8 Å². The van der Waals surface area contributed by atoms with Crippen LogP contribution in [0, 0.1) is 5.92 Å². The minimum Gasteiger partial charge on any atom is -0.398 e. The van der Waals surface area contributed by atoms with Gasteiger partial charge in [0.1, 0.15) is 0 Å². The number of alkyl halides is 3. The second kappa shape index (κ2) is 5.38. The van der Waals surface area contributed by atoms with Crippen molar-refractivity contribution in [1.82, 2.24) is 14.8 Å². The lowest BCUT2D eigenvalue weighted by atomic mass is 10.1. The Labute approximate surface area is 120 Å². The van der Waals surface area contributed by atoms with Crippen LogP contribution in [0.15, 0.2) is 18.2 Å². The zero-order valence-corrected chi connectivity index (χ0v) is 12.1. The molecule has 21 heavy (non-hydrogen) atoms. The second-order valence-corrected chi connectivity index (χ2v) is 5.37. The number of rotatable bonds is 3. The Morgan fingerprint density at radius 3 is 2.52 bits per heavy atom. The third kappa shape index (κ3) is 3.34. The lowest BCUT2D eigenvalue weighted by molar-refractivity contribution is -0.137. The Bertz CT molecular complexity index is 644. The minimum absolute atomic E-state index is 0.245. The summed E-state index contributed by atoms with van der Waals surface area (Å²) in [5.74, 6) is 1.30. The maximum Gasteiger partial charge on any atom is 0.416 e. The molecule has 0 atom stereocenters. The average molecular weight is 298 g/mol. The quantitative estimate of drug-likeness (QED) is 0.885. The van der Waals surface area contributed by atoms with E-state index < -0.39 is 11.7 Å². The summed E-state index contributed by atoms with van der Waals surface area (Å²) in [6, 6.07) is 3.22. The van der Waals surface area contributed by atoms with E-state index in [1.807, 2.05) is 13.8 Å². The smallest absolute Gasteiger partial charge is 0.398 e. The van der Waals surface area contributed by atoms with E-state index in [4.69, 9.17) is 5.73 Å². The molecule has 2 N–H and O–H groups in total. The summed E-state index contributed by atoms with van der Waals surface area (Å²) in [6.07, 6.45) is -3.76. The van der Waals surface area contributed by atoms with Crippen molar-refractivity contribution in [2.75, 3.05) is 5.73 Å². The minimum atomic E-state index is -4.41. The van der Waals surface area contributed by atoms with Crippen LogP contribution in [0.25, 0.3) is 11.4 Å². The normalized spacial score (nSPS) is 12.1. The molecular weight excluding hydrogens is 281 g/mol. The van der Waals surface area contributed by atoms with Gasteiger partial charge in [0.15, 0.2) is 11.6 Å². The van der Waals surface area contributed by atoms with Crippen LogP contribution in [0.5, 0.6) is 0 Å². The van der Waals surface area contributed by atoms with E-state index in [0.29, 0.717) is 24.0 Å². The van der Waals surface area contributed by atoms with E-state index in [1.54, 1.807) is 7.05 Å². The highest BCUT2D eigenvalue weighted by atomic mass is 19.4. The first-order valence-electron chi connectivity index (χ1n) is 6.55. The SMILES string of the molecule is CC(C)Cc1nc(-c2cc(C(F)(F)F)ccc2N)n(C)n1. The molecule has 0 saturated heterocycles. The fourth-order valence-corrected chi connectivity index (χ4v) is 2.05. The molecule has 0 aliphatic carbocycles. The standard InChI is InChI=1S/C14H17F3N4/c1-8(2)6-12-19-13(21(3)20-12)10-7-9(14(15,16)17)4-5-11(10)18/h4-5,7-8H,6,18H2,1-3H3. The first-order chi connectivity index (χ1) is 9.68. The van der Waals surface area contributed by atoms with E-state index in [1.165, 1.54) is 10.7 Å². The molecule has 2 rings (SSSR count). The van der Waals surface area contributed by atoms with Crippen molar-refractivity contribution >= 4 is 5.69 Å². The number of nitrogen functional groups attached to an aromatic ring is 1. The van der Waals surface area contributed by atoms with Gasteiger partial charge in [0.25, 0.3) is 0 Å². The van der Waals surface area contributed by atoms with E-state index in [-0.39, 0.29) is 11.3 Å². The van der Waals surface area contributed by atoms with E-state index in [2.05, 4.69) is 10.1 Å².